The van der Waals surface area contributed by atoms with E-state index in [1.165, 1.54) is 6.21 Å². The van der Waals surface area contributed by atoms with Crippen molar-refractivity contribution in [2.75, 3.05) is 0 Å². The van der Waals surface area contributed by atoms with Gasteiger partial charge in [0.15, 0.2) is 0 Å². The summed E-state index contributed by atoms with van der Waals surface area (Å²) < 4.78 is 0. The highest BCUT2D eigenvalue weighted by atomic mass is 16.4. The van der Waals surface area contributed by atoms with Gasteiger partial charge in [0, 0.05) is 11.8 Å². The molecule has 0 radical (unpaired) electrons. The fourth-order valence-electron chi connectivity index (χ4n) is 2.96. The molecule has 0 saturated heterocycles. The highest BCUT2D eigenvalue weighted by Gasteiger charge is 2.24. The van der Waals surface area contributed by atoms with Crippen molar-refractivity contribution in [1.29, 1.82) is 0 Å². The van der Waals surface area contributed by atoms with Gasteiger partial charge < -0.3 is 25.4 Å². The van der Waals surface area contributed by atoms with E-state index in [2.05, 4.69) is 10.3 Å². The van der Waals surface area contributed by atoms with E-state index in [1.54, 1.807) is 78.9 Å². The largest absolute Gasteiger partial charge is 0.548 e. The van der Waals surface area contributed by atoms with Crippen LogP contribution in [-0.2, 0) is 16.0 Å². The van der Waals surface area contributed by atoms with Crippen molar-refractivity contribution < 1.29 is 24.9 Å². The van der Waals surface area contributed by atoms with Gasteiger partial charge in [0.05, 0.1) is 24.1 Å². The number of aromatic hydroxyl groups is 1. The Bertz CT molecular complexity index is 1060. The molecular weight excluding hydrogens is 396 g/mol. The molecular formula is C24H21N2O5-. The van der Waals surface area contributed by atoms with Crippen molar-refractivity contribution in [3.63, 3.8) is 0 Å². The minimum absolute atomic E-state index is 0.0746. The van der Waals surface area contributed by atoms with Crippen molar-refractivity contribution in [3.05, 3.63) is 95.6 Å². The van der Waals surface area contributed by atoms with Crippen molar-refractivity contribution >= 4 is 23.8 Å². The molecule has 0 bridgehead atoms. The zero-order valence-corrected chi connectivity index (χ0v) is 16.5. The summed E-state index contributed by atoms with van der Waals surface area (Å²) in [5, 5.41) is 33.8. The van der Waals surface area contributed by atoms with Crippen molar-refractivity contribution in [1.82, 2.24) is 5.32 Å². The van der Waals surface area contributed by atoms with Crippen LogP contribution in [0.5, 0.6) is 5.75 Å². The topological polar surface area (TPSA) is 122 Å². The second-order valence-electron chi connectivity index (χ2n) is 6.88. The normalized spacial score (nSPS) is 12.9. The molecule has 3 N–H and O–H groups in total. The zero-order chi connectivity index (χ0) is 22.2. The first-order valence-corrected chi connectivity index (χ1v) is 9.58. The van der Waals surface area contributed by atoms with E-state index in [0.29, 0.717) is 22.4 Å². The highest BCUT2D eigenvalue weighted by Crippen LogP contribution is 2.18. The number of benzene rings is 3. The number of rotatable bonds is 8. The number of nitrogens with zero attached hydrogens (tertiary/aromatic N) is 1. The van der Waals surface area contributed by atoms with Crippen LogP contribution in [0.1, 0.15) is 22.8 Å². The van der Waals surface area contributed by atoms with Crippen LogP contribution in [0.3, 0.4) is 0 Å². The molecule has 3 aromatic rings. The van der Waals surface area contributed by atoms with Crippen LogP contribution in [-0.4, -0.2) is 34.3 Å². The monoisotopic (exact) mass is 417 g/mol. The van der Waals surface area contributed by atoms with Crippen LogP contribution < -0.4 is 10.4 Å². The Balaban J connectivity index is 1.62. The molecule has 0 aromatic heterocycles. The molecule has 31 heavy (non-hydrogen) atoms. The van der Waals surface area contributed by atoms with Crippen LogP contribution >= 0.6 is 0 Å². The average molecular weight is 417 g/mol. The number of carboxylic acids is 1. The lowest BCUT2D eigenvalue weighted by atomic mass is 10.0. The van der Waals surface area contributed by atoms with Gasteiger partial charge in [0.2, 0.25) is 5.91 Å². The van der Waals surface area contributed by atoms with Gasteiger partial charge in [0.1, 0.15) is 11.9 Å². The van der Waals surface area contributed by atoms with Crippen LogP contribution in [0.2, 0.25) is 0 Å². The quantitative estimate of drug-likeness (QED) is 0.481. The summed E-state index contributed by atoms with van der Waals surface area (Å²) in [5.41, 5.74) is 2.21. The molecule has 0 fully saturated rings. The molecule has 3 aromatic carbocycles. The smallest absolute Gasteiger partial charge is 0.225 e. The molecule has 2 atom stereocenters. The van der Waals surface area contributed by atoms with Gasteiger partial charge in [-0.3, -0.25) is 9.79 Å². The molecule has 0 unspecified atom stereocenters. The van der Waals surface area contributed by atoms with Gasteiger partial charge in [-0.15, -0.1) is 0 Å². The third kappa shape index (κ3) is 6.01. The SMILES string of the molecule is O=C(Cc1ccc(N=Cc2ccccc2O)cc1)N[C@H](C(=O)[O-])[C@@H](O)c1ccccc1. The number of hydrogen-bond donors (Lipinski definition) is 3. The third-order valence-electron chi connectivity index (χ3n) is 4.62. The number of aliphatic hydroxyl groups excluding tert-OH is 1. The lowest BCUT2D eigenvalue weighted by Gasteiger charge is -2.25. The molecule has 3 rings (SSSR count). The summed E-state index contributed by atoms with van der Waals surface area (Å²) in [6.07, 6.45) is 0.0302. The predicted molar refractivity (Wildman–Crippen MR) is 114 cm³/mol. The van der Waals surface area contributed by atoms with Crippen molar-refractivity contribution in [2.24, 2.45) is 4.99 Å². The standard InChI is InChI=1S/C24H22N2O5/c27-20-9-5-4-8-18(20)15-25-19-12-10-16(11-13-19)14-21(28)26-22(24(30)31)23(29)17-6-2-1-3-7-17/h1-13,15,22-23,27,29H,14H2,(H,26,28)(H,30,31)/p-1/t22-,23-/m0/s1. The van der Waals surface area contributed by atoms with Gasteiger partial charge >= 0.3 is 0 Å². The van der Waals surface area contributed by atoms with Crippen LogP contribution in [0.15, 0.2) is 83.9 Å². The number of para-hydroxylation sites is 1. The Morgan fingerprint density at radius 1 is 0.968 bits per heavy atom. The Hall–Kier alpha value is -3.97. The fraction of sp³-hybridized carbons (Fsp3) is 0.125. The van der Waals surface area contributed by atoms with E-state index in [4.69, 9.17) is 0 Å². The number of phenolic OH excluding ortho intramolecular Hbond substituents is 1. The number of nitrogens with one attached hydrogen (secondary N) is 1. The number of hydrogen-bond acceptors (Lipinski definition) is 6. The van der Waals surface area contributed by atoms with Crippen molar-refractivity contribution in [3.8, 4) is 5.75 Å². The lowest BCUT2D eigenvalue weighted by molar-refractivity contribution is -0.310. The van der Waals surface area contributed by atoms with Gasteiger partial charge in [-0.25, -0.2) is 0 Å². The van der Waals surface area contributed by atoms with Crippen LogP contribution in [0.4, 0.5) is 5.69 Å². The number of aliphatic carboxylic acids is 1. The lowest BCUT2D eigenvalue weighted by Crippen LogP contribution is -2.51. The number of carbonyl (C=O) groups excluding carboxylic acids is 2. The number of amides is 1. The van der Waals surface area contributed by atoms with Gasteiger partial charge in [-0.1, -0.05) is 54.6 Å². The van der Waals surface area contributed by atoms with Crippen molar-refractivity contribution in [2.45, 2.75) is 18.6 Å². The molecule has 7 heteroatoms. The number of aliphatic hydroxyl groups is 1. The number of carboxylic acid groups (broad SMARTS) is 1. The van der Waals surface area contributed by atoms with E-state index in [9.17, 15) is 24.9 Å². The summed E-state index contributed by atoms with van der Waals surface area (Å²) in [6.45, 7) is 0. The summed E-state index contributed by atoms with van der Waals surface area (Å²) in [4.78, 5) is 28.0. The maximum atomic E-state index is 12.3. The summed E-state index contributed by atoms with van der Waals surface area (Å²) in [7, 11) is 0. The first-order chi connectivity index (χ1) is 14.9. The van der Waals surface area contributed by atoms with Gasteiger partial charge in [-0.05, 0) is 35.4 Å². The summed E-state index contributed by atoms with van der Waals surface area (Å²) >= 11 is 0. The third-order valence-corrected chi connectivity index (χ3v) is 4.62. The molecule has 158 valence electrons. The Morgan fingerprint density at radius 3 is 2.26 bits per heavy atom. The number of carbonyl (C=O) groups is 2. The van der Waals surface area contributed by atoms with Gasteiger partial charge in [0.25, 0.3) is 0 Å². The number of aliphatic imine (C=N–C) groups is 1. The second kappa shape index (κ2) is 10.2. The van der Waals surface area contributed by atoms with Crippen LogP contribution in [0.25, 0.3) is 0 Å². The maximum absolute atomic E-state index is 12.3. The Kier molecular flexibility index (Phi) is 7.13. The molecule has 0 saturated carbocycles. The second-order valence-corrected chi connectivity index (χ2v) is 6.88. The van der Waals surface area contributed by atoms with E-state index < -0.39 is 24.0 Å². The Labute approximate surface area is 179 Å². The first-order valence-electron chi connectivity index (χ1n) is 9.58. The molecule has 0 aliphatic carbocycles. The fourth-order valence-corrected chi connectivity index (χ4v) is 2.96. The molecule has 0 heterocycles. The summed E-state index contributed by atoms with van der Waals surface area (Å²) in [5.74, 6) is -2.01. The zero-order valence-electron chi connectivity index (χ0n) is 16.5. The number of phenols is 1. The van der Waals surface area contributed by atoms with E-state index in [1.807, 2.05) is 0 Å². The maximum Gasteiger partial charge on any atom is 0.225 e. The first kappa shape index (κ1) is 21.7. The van der Waals surface area contributed by atoms with E-state index in [0.717, 1.165) is 0 Å². The molecule has 0 aliphatic heterocycles. The summed E-state index contributed by atoms with van der Waals surface area (Å²) in [6, 6.07) is 20.2. The molecule has 0 aliphatic rings. The average Bonchev–Trinajstić information content (AvgIpc) is 2.78. The Morgan fingerprint density at radius 2 is 1.61 bits per heavy atom. The van der Waals surface area contributed by atoms with E-state index >= 15 is 0 Å². The highest BCUT2D eigenvalue weighted by molar-refractivity contribution is 5.86. The minimum atomic E-state index is -1.57. The van der Waals surface area contributed by atoms with Gasteiger partial charge in [-0.2, -0.15) is 0 Å². The minimum Gasteiger partial charge on any atom is -0.548 e. The molecule has 1 amide bonds. The van der Waals surface area contributed by atoms with Crippen LogP contribution in [0, 0.1) is 0 Å². The molecule has 0 spiro atoms. The van der Waals surface area contributed by atoms with E-state index in [-0.39, 0.29) is 12.2 Å². The predicted octanol–water partition coefficient (Wildman–Crippen LogP) is 1.65. The molecule has 7 nitrogen and oxygen atoms in total.